The fourth-order valence-corrected chi connectivity index (χ4v) is 2.16. The van der Waals surface area contributed by atoms with E-state index in [0.29, 0.717) is 0 Å². The molecule has 0 saturated carbocycles. The van der Waals surface area contributed by atoms with Crippen LogP contribution in [-0.4, -0.2) is 21.6 Å². The molecule has 19 heavy (non-hydrogen) atoms. The molecule has 0 aliphatic carbocycles. The monoisotopic (exact) mass is 275 g/mol. The van der Waals surface area contributed by atoms with E-state index in [1.54, 1.807) is 11.8 Å². The maximum absolute atomic E-state index is 4.60. The molecule has 0 amide bonds. The molecule has 2 aromatic rings. The van der Waals surface area contributed by atoms with Crippen molar-refractivity contribution in [2.24, 2.45) is 0 Å². The lowest BCUT2D eigenvalue weighted by Gasteiger charge is -2.19. The Balaban J connectivity index is 2.12. The fraction of sp³-hybridized carbons (Fsp3) is 0.400. The lowest BCUT2D eigenvalue weighted by Crippen LogP contribution is -2.35. The smallest absolute Gasteiger partial charge is 0.0767 e. The first-order chi connectivity index (χ1) is 8.98. The average molecular weight is 275 g/mol. The van der Waals surface area contributed by atoms with Gasteiger partial charge in [0, 0.05) is 23.2 Å². The minimum absolute atomic E-state index is 0.114. The average Bonchev–Trinajstić information content (AvgIpc) is 2.84. The highest BCUT2D eigenvalue weighted by Gasteiger charge is 2.09. The van der Waals surface area contributed by atoms with Crippen molar-refractivity contribution < 1.29 is 0 Å². The van der Waals surface area contributed by atoms with Crippen molar-refractivity contribution in [3.05, 3.63) is 42.2 Å². The van der Waals surface area contributed by atoms with Gasteiger partial charge in [0.2, 0.25) is 0 Å². The van der Waals surface area contributed by atoms with Crippen LogP contribution in [0.15, 0.2) is 41.4 Å². The van der Waals surface area contributed by atoms with Crippen molar-refractivity contribution in [3.8, 4) is 5.69 Å². The van der Waals surface area contributed by atoms with Gasteiger partial charge in [-0.15, -0.1) is 11.8 Å². The summed E-state index contributed by atoms with van der Waals surface area (Å²) in [5, 5.41) is 8.05. The number of hydrogen-bond donors (Lipinski definition) is 1. The van der Waals surface area contributed by atoms with Gasteiger partial charge >= 0.3 is 0 Å². The summed E-state index contributed by atoms with van der Waals surface area (Å²) in [6, 6.07) is 10.5. The summed E-state index contributed by atoms with van der Waals surface area (Å²) < 4.78 is 1.93. The number of nitrogens with zero attached hydrogens (tertiary/aromatic N) is 2. The predicted molar refractivity (Wildman–Crippen MR) is 81.9 cm³/mol. The highest BCUT2D eigenvalue weighted by Crippen LogP contribution is 2.18. The Morgan fingerprint density at radius 3 is 2.74 bits per heavy atom. The highest BCUT2D eigenvalue weighted by atomic mass is 32.2. The van der Waals surface area contributed by atoms with Gasteiger partial charge in [0.15, 0.2) is 0 Å². The maximum Gasteiger partial charge on any atom is 0.0767 e. The quantitative estimate of drug-likeness (QED) is 0.866. The largest absolute Gasteiger partial charge is 0.306 e. The molecule has 0 bridgehead atoms. The van der Waals surface area contributed by atoms with Crippen LogP contribution in [0.1, 0.15) is 26.5 Å². The molecule has 0 fully saturated rings. The molecule has 0 saturated heterocycles. The molecule has 0 unspecified atom stereocenters. The third-order valence-electron chi connectivity index (χ3n) is 2.76. The third kappa shape index (κ3) is 4.11. The lowest BCUT2D eigenvalue weighted by molar-refractivity contribution is 0.420. The van der Waals surface area contributed by atoms with E-state index in [2.05, 4.69) is 67.8 Å². The van der Waals surface area contributed by atoms with Crippen molar-refractivity contribution >= 4 is 11.8 Å². The van der Waals surface area contributed by atoms with E-state index in [1.807, 2.05) is 10.9 Å². The van der Waals surface area contributed by atoms with Crippen molar-refractivity contribution in [1.29, 1.82) is 0 Å². The van der Waals surface area contributed by atoms with Crippen LogP contribution in [0, 0.1) is 0 Å². The van der Waals surface area contributed by atoms with Crippen LogP contribution < -0.4 is 5.32 Å². The van der Waals surface area contributed by atoms with E-state index in [1.165, 1.54) is 4.90 Å². The van der Waals surface area contributed by atoms with Gasteiger partial charge in [-0.2, -0.15) is 5.10 Å². The second-order valence-electron chi connectivity index (χ2n) is 5.56. The fourth-order valence-electron chi connectivity index (χ4n) is 1.71. The van der Waals surface area contributed by atoms with Crippen LogP contribution in [0.2, 0.25) is 0 Å². The molecule has 3 nitrogen and oxygen atoms in total. The number of thioether (sulfide) groups is 1. The van der Waals surface area contributed by atoms with Crippen LogP contribution in [0.25, 0.3) is 5.69 Å². The minimum Gasteiger partial charge on any atom is -0.306 e. The van der Waals surface area contributed by atoms with Crippen LogP contribution in [0.5, 0.6) is 0 Å². The third-order valence-corrected chi connectivity index (χ3v) is 3.49. The molecule has 0 aliphatic heterocycles. The summed E-state index contributed by atoms with van der Waals surface area (Å²) >= 11 is 1.74. The maximum atomic E-state index is 4.60. The van der Waals surface area contributed by atoms with E-state index in [0.717, 1.165) is 17.9 Å². The summed E-state index contributed by atoms with van der Waals surface area (Å²) in [4.78, 5) is 1.25. The number of nitrogens with one attached hydrogen (secondary N) is 1. The zero-order valence-corrected chi connectivity index (χ0v) is 12.8. The molecule has 0 radical (unpaired) electrons. The van der Waals surface area contributed by atoms with Crippen LogP contribution in [0.4, 0.5) is 0 Å². The van der Waals surface area contributed by atoms with Gasteiger partial charge < -0.3 is 5.32 Å². The van der Waals surface area contributed by atoms with Crippen LogP contribution in [-0.2, 0) is 6.54 Å². The predicted octanol–water partition coefficient (Wildman–Crippen LogP) is 3.48. The molecular formula is C15H21N3S. The molecule has 1 heterocycles. The molecule has 1 N–H and O–H groups in total. The summed E-state index contributed by atoms with van der Waals surface area (Å²) in [7, 11) is 0. The van der Waals surface area contributed by atoms with E-state index >= 15 is 0 Å². The lowest BCUT2D eigenvalue weighted by atomic mass is 10.1. The summed E-state index contributed by atoms with van der Waals surface area (Å²) in [5.41, 5.74) is 2.28. The Bertz CT molecular complexity index is 540. The zero-order valence-electron chi connectivity index (χ0n) is 12.0. The summed E-state index contributed by atoms with van der Waals surface area (Å²) in [6.07, 6.45) is 4.10. The molecule has 102 valence electrons. The first kappa shape index (κ1) is 14.2. The molecular weight excluding hydrogens is 254 g/mol. The van der Waals surface area contributed by atoms with E-state index in [4.69, 9.17) is 0 Å². The molecule has 1 aromatic heterocycles. The first-order valence-corrected chi connectivity index (χ1v) is 7.64. The molecule has 4 heteroatoms. The Morgan fingerprint density at radius 1 is 1.26 bits per heavy atom. The Labute approximate surface area is 119 Å². The minimum atomic E-state index is 0.114. The molecule has 0 atom stereocenters. The molecule has 2 rings (SSSR count). The Hall–Kier alpha value is -1.26. The number of rotatable bonds is 4. The van der Waals surface area contributed by atoms with E-state index in [-0.39, 0.29) is 5.54 Å². The molecule has 0 spiro atoms. The zero-order chi connectivity index (χ0) is 13.9. The normalized spacial score (nSPS) is 11.8. The number of hydrogen-bond acceptors (Lipinski definition) is 3. The van der Waals surface area contributed by atoms with Gasteiger partial charge in [0.25, 0.3) is 0 Å². The standard InChI is InChI=1S/C15H21N3S/c1-15(2,3)16-11-12-8-9-18(17-12)13-6-5-7-14(10-13)19-4/h5-10,16H,11H2,1-4H3. The van der Waals surface area contributed by atoms with Gasteiger partial charge in [0.05, 0.1) is 11.4 Å². The Kier molecular flexibility index (Phi) is 4.32. The number of aromatic nitrogens is 2. The van der Waals surface area contributed by atoms with Gasteiger partial charge in [0.1, 0.15) is 0 Å². The van der Waals surface area contributed by atoms with Gasteiger partial charge in [-0.3, -0.25) is 0 Å². The van der Waals surface area contributed by atoms with E-state index < -0.39 is 0 Å². The van der Waals surface area contributed by atoms with Crippen LogP contribution >= 0.6 is 11.8 Å². The molecule has 1 aromatic carbocycles. The van der Waals surface area contributed by atoms with E-state index in [9.17, 15) is 0 Å². The second kappa shape index (κ2) is 5.80. The van der Waals surface area contributed by atoms with Gasteiger partial charge in [-0.05, 0) is 51.3 Å². The summed E-state index contributed by atoms with van der Waals surface area (Å²) in [6.45, 7) is 7.27. The van der Waals surface area contributed by atoms with Crippen molar-refractivity contribution in [1.82, 2.24) is 15.1 Å². The van der Waals surface area contributed by atoms with Crippen molar-refractivity contribution in [2.45, 2.75) is 37.8 Å². The summed E-state index contributed by atoms with van der Waals surface area (Å²) in [5.74, 6) is 0. The van der Waals surface area contributed by atoms with Gasteiger partial charge in [-0.1, -0.05) is 6.07 Å². The van der Waals surface area contributed by atoms with Crippen molar-refractivity contribution in [3.63, 3.8) is 0 Å². The SMILES string of the molecule is CSc1cccc(-n2ccc(CNC(C)(C)C)n2)c1. The second-order valence-corrected chi connectivity index (χ2v) is 6.44. The first-order valence-electron chi connectivity index (χ1n) is 6.42. The topological polar surface area (TPSA) is 29.9 Å². The Morgan fingerprint density at radius 2 is 2.05 bits per heavy atom. The van der Waals surface area contributed by atoms with Crippen LogP contribution in [0.3, 0.4) is 0 Å². The number of benzene rings is 1. The highest BCUT2D eigenvalue weighted by molar-refractivity contribution is 7.98. The molecule has 0 aliphatic rings. The van der Waals surface area contributed by atoms with Gasteiger partial charge in [-0.25, -0.2) is 4.68 Å². The van der Waals surface area contributed by atoms with Crippen molar-refractivity contribution in [2.75, 3.05) is 6.26 Å².